The second-order valence-electron chi connectivity index (χ2n) is 6.16. The number of thioether (sulfide) groups is 1. The smallest absolute Gasteiger partial charge is 0.548 e. The minimum absolute atomic E-state index is 0. The Kier molecular flexibility index (Phi) is 6.15. The summed E-state index contributed by atoms with van der Waals surface area (Å²) in [5.41, 5.74) is 0.751. The van der Waals surface area contributed by atoms with Gasteiger partial charge in [0.05, 0.1) is 18.4 Å². The number of aliphatic carboxylic acids is 1. The van der Waals surface area contributed by atoms with Gasteiger partial charge in [-0.2, -0.15) is 0 Å². The molecule has 1 N–H and O–H groups in total. The number of nitrogens with zero attached hydrogens (tertiary/aromatic N) is 2. The number of hydrogen-bond acceptors (Lipinski definition) is 6. The van der Waals surface area contributed by atoms with Gasteiger partial charge in [0, 0.05) is 17.1 Å². The Balaban J connectivity index is 0.00000208. The molecular weight excluding hydrogens is 357 g/mol. The van der Waals surface area contributed by atoms with Crippen LogP contribution in [0.5, 0.6) is 0 Å². The first kappa shape index (κ1) is 19.9. The van der Waals surface area contributed by atoms with Gasteiger partial charge in [-0.25, -0.2) is 0 Å². The van der Waals surface area contributed by atoms with Crippen LogP contribution in [0.15, 0.2) is 24.5 Å². The topological polar surface area (TPSA) is 102 Å². The van der Waals surface area contributed by atoms with Crippen LogP contribution in [0, 0.1) is 0 Å². The number of rotatable bonds is 4. The van der Waals surface area contributed by atoms with Gasteiger partial charge in [0.15, 0.2) is 0 Å². The molecule has 7 nitrogen and oxygen atoms in total. The zero-order chi connectivity index (χ0) is 16.8. The summed E-state index contributed by atoms with van der Waals surface area (Å²) in [5, 5.41) is 13.6. The molecule has 0 aliphatic carbocycles. The number of amides is 2. The number of carboxylic acids is 1. The molecule has 3 rings (SSSR count). The van der Waals surface area contributed by atoms with E-state index in [9.17, 15) is 19.5 Å². The summed E-state index contributed by atoms with van der Waals surface area (Å²) in [6.07, 6.45) is 3.34. The van der Waals surface area contributed by atoms with Crippen LogP contribution in [0.25, 0.3) is 0 Å². The molecule has 0 bridgehead atoms. The van der Waals surface area contributed by atoms with Crippen molar-refractivity contribution in [3.8, 4) is 0 Å². The van der Waals surface area contributed by atoms with Gasteiger partial charge < -0.3 is 20.1 Å². The molecule has 24 heavy (non-hydrogen) atoms. The fourth-order valence-electron chi connectivity index (χ4n) is 3.04. The summed E-state index contributed by atoms with van der Waals surface area (Å²) >= 11 is 1.37. The minimum Gasteiger partial charge on any atom is -0.548 e. The van der Waals surface area contributed by atoms with Crippen molar-refractivity contribution >= 4 is 29.5 Å². The monoisotopic (exact) mass is 373 g/mol. The summed E-state index contributed by atoms with van der Waals surface area (Å²) in [6.45, 7) is 3.52. The Bertz CT molecular complexity index is 670. The molecule has 1 aromatic heterocycles. The van der Waals surface area contributed by atoms with E-state index in [-0.39, 0.29) is 75.0 Å². The van der Waals surface area contributed by atoms with Crippen molar-refractivity contribution in [3.63, 3.8) is 0 Å². The number of carboxylic acid groups (broad SMARTS) is 1. The van der Waals surface area contributed by atoms with Crippen LogP contribution in [0.3, 0.4) is 0 Å². The van der Waals surface area contributed by atoms with Crippen LogP contribution in [0.2, 0.25) is 0 Å². The Morgan fingerprint density at radius 2 is 2.17 bits per heavy atom. The van der Waals surface area contributed by atoms with Gasteiger partial charge in [-0.3, -0.25) is 14.6 Å². The molecule has 0 aromatic carbocycles. The molecule has 0 saturated carbocycles. The zero-order valence-electron chi connectivity index (χ0n) is 13.7. The van der Waals surface area contributed by atoms with E-state index in [0.717, 1.165) is 5.56 Å². The Labute approximate surface area is 186 Å². The van der Waals surface area contributed by atoms with Crippen LogP contribution < -0.4 is 61.8 Å². The molecule has 2 fully saturated rings. The first-order chi connectivity index (χ1) is 10.8. The van der Waals surface area contributed by atoms with E-state index < -0.39 is 22.8 Å². The van der Waals surface area contributed by atoms with Crippen molar-refractivity contribution in [2.45, 2.75) is 42.5 Å². The van der Waals surface area contributed by atoms with Crippen LogP contribution in [-0.2, 0) is 20.8 Å². The van der Waals surface area contributed by atoms with E-state index in [1.807, 2.05) is 0 Å². The van der Waals surface area contributed by atoms with Crippen molar-refractivity contribution in [2.75, 3.05) is 0 Å². The van der Waals surface area contributed by atoms with Gasteiger partial charge >= 0.3 is 51.4 Å². The number of fused-ring (bicyclic) bond motifs is 1. The zero-order valence-corrected chi connectivity index (χ0v) is 17.6. The Hall–Kier alpha value is -0.454. The number of pyridine rings is 1. The SMILES string of the molecule is CC1(C)SC2C(NC(=O)Cc3cccnc3)C(=O)N2C1C(=O)[O-].[K+]. The van der Waals surface area contributed by atoms with Crippen LogP contribution in [0.1, 0.15) is 19.4 Å². The van der Waals surface area contributed by atoms with Crippen LogP contribution in [-0.4, -0.2) is 49.9 Å². The second-order valence-corrected chi connectivity index (χ2v) is 7.93. The molecule has 1 aromatic rings. The number of β-lactam (4-membered cyclic amide) rings is 1. The van der Waals surface area contributed by atoms with Crippen molar-refractivity contribution < 1.29 is 70.9 Å². The molecule has 122 valence electrons. The van der Waals surface area contributed by atoms with Gasteiger partial charge in [0.2, 0.25) is 11.8 Å². The van der Waals surface area contributed by atoms with Gasteiger partial charge in [-0.1, -0.05) is 6.07 Å². The molecule has 3 atom stereocenters. The van der Waals surface area contributed by atoms with Gasteiger partial charge in [0.25, 0.3) is 0 Å². The van der Waals surface area contributed by atoms with Crippen molar-refractivity contribution in [2.24, 2.45) is 0 Å². The predicted molar refractivity (Wildman–Crippen MR) is 81.0 cm³/mol. The quantitative estimate of drug-likeness (QED) is 0.425. The van der Waals surface area contributed by atoms with E-state index in [1.54, 1.807) is 38.4 Å². The fourth-order valence-corrected chi connectivity index (χ4v) is 4.66. The Morgan fingerprint density at radius 3 is 2.75 bits per heavy atom. The minimum atomic E-state index is -1.27. The third kappa shape index (κ3) is 3.56. The number of nitrogens with one attached hydrogen (secondary N) is 1. The molecule has 0 radical (unpaired) electrons. The van der Waals surface area contributed by atoms with Crippen molar-refractivity contribution in [3.05, 3.63) is 30.1 Å². The van der Waals surface area contributed by atoms with E-state index in [0.29, 0.717) is 0 Å². The van der Waals surface area contributed by atoms with Gasteiger partial charge in [-0.15, -0.1) is 11.8 Å². The molecule has 3 unspecified atom stereocenters. The van der Waals surface area contributed by atoms with Crippen molar-refractivity contribution in [1.29, 1.82) is 0 Å². The van der Waals surface area contributed by atoms with Crippen molar-refractivity contribution in [1.82, 2.24) is 15.2 Å². The first-order valence-electron chi connectivity index (χ1n) is 7.20. The number of carbonyl (C=O) groups excluding carboxylic acids is 3. The summed E-state index contributed by atoms with van der Waals surface area (Å²) in [5.74, 6) is -1.92. The number of aromatic nitrogens is 1. The van der Waals surface area contributed by atoms with Gasteiger partial charge in [0.1, 0.15) is 11.4 Å². The maximum atomic E-state index is 12.2. The first-order valence-corrected chi connectivity index (χ1v) is 8.08. The molecule has 2 aliphatic heterocycles. The maximum absolute atomic E-state index is 12.2. The summed E-state index contributed by atoms with van der Waals surface area (Å²) < 4.78 is -0.651. The van der Waals surface area contributed by atoms with E-state index in [2.05, 4.69) is 10.3 Å². The third-order valence-electron chi connectivity index (χ3n) is 4.07. The average molecular weight is 373 g/mol. The third-order valence-corrected chi connectivity index (χ3v) is 5.64. The summed E-state index contributed by atoms with van der Waals surface area (Å²) in [7, 11) is 0. The van der Waals surface area contributed by atoms with E-state index >= 15 is 0 Å². The molecule has 2 aliphatic rings. The largest absolute Gasteiger partial charge is 1.00 e. The molecule has 0 spiro atoms. The molecule has 2 saturated heterocycles. The van der Waals surface area contributed by atoms with Gasteiger partial charge in [-0.05, 0) is 25.5 Å². The second kappa shape index (κ2) is 7.42. The predicted octanol–water partition coefficient (Wildman–Crippen LogP) is -4.07. The van der Waals surface area contributed by atoms with Crippen LogP contribution in [0.4, 0.5) is 0 Å². The fraction of sp³-hybridized carbons (Fsp3) is 0.467. The Morgan fingerprint density at radius 1 is 1.46 bits per heavy atom. The molecule has 2 amide bonds. The van der Waals surface area contributed by atoms with E-state index in [4.69, 9.17) is 0 Å². The number of carbonyl (C=O) groups is 3. The molecule has 9 heteroatoms. The van der Waals surface area contributed by atoms with Crippen LogP contribution >= 0.6 is 11.8 Å². The summed E-state index contributed by atoms with van der Waals surface area (Å²) in [6, 6.07) is 1.85. The average Bonchev–Trinajstić information content (AvgIpc) is 2.74. The summed E-state index contributed by atoms with van der Waals surface area (Å²) in [4.78, 5) is 40.9. The van der Waals surface area contributed by atoms with E-state index in [1.165, 1.54) is 16.7 Å². The standard InChI is InChI=1S/C15H17N3O4S.K/c1-15(2)11(14(21)22)18-12(20)10(13(18)23-15)17-9(19)6-8-4-3-5-16-7-8;/h3-5,7,10-11,13H,6H2,1-2H3,(H,17,19)(H,21,22);/q;+1/p-1. The number of hydrogen-bond donors (Lipinski definition) is 1. The maximum Gasteiger partial charge on any atom is 1.00 e. The normalized spacial score (nSPS) is 26.8. The molecular formula is C15H16KN3O4S. The molecule has 3 heterocycles.